The number of anilines is 1. The van der Waals surface area contributed by atoms with Crippen LogP contribution in [0.5, 0.6) is 0 Å². The van der Waals surface area contributed by atoms with Crippen LogP contribution in [0.4, 0.5) is 5.13 Å². The summed E-state index contributed by atoms with van der Waals surface area (Å²) in [6.45, 7) is 3.81. The quantitative estimate of drug-likeness (QED) is 0.424. The van der Waals surface area contributed by atoms with E-state index in [1.54, 1.807) is 12.3 Å². The molecule has 9 heteroatoms. The highest BCUT2D eigenvalue weighted by Gasteiger charge is 2.10. The van der Waals surface area contributed by atoms with Crippen LogP contribution in [0.1, 0.15) is 21.8 Å². The maximum Gasteiger partial charge on any atom is 0.236 e. The van der Waals surface area contributed by atoms with Gasteiger partial charge < -0.3 is 5.32 Å². The van der Waals surface area contributed by atoms with E-state index in [0.717, 1.165) is 21.8 Å². The lowest BCUT2D eigenvalue weighted by atomic mass is 10.1. The van der Waals surface area contributed by atoms with Gasteiger partial charge in [0.05, 0.1) is 5.75 Å². The van der Waals surface area contributed by atoms with Gasteiger partial charge in [0.2, 0.25) is 5.91 Å². The van der Waals surface area contributed by atoms with Crippen molar-refractivity contribution in [2.45, 2.75) is 25.4 Å². The van der Waals surface area contributed by atoms with Crippen molar-refractivity contribution in [3.05, 3.63) is 62.3 Å². The van der Waals surface area contributed by atoms with Gasteiger partial charge >= 0.3 is 0 Å². The molecule has 0 atom stereocenters. The third kappa shape index (κ3) is 6.17. The highest BCUT2D eigenvalue weighted by atomic mass is 35.5. The summed E-state index contributed by atoms with van der Waals surface area (Å²) in [7, 11) is 0. The fraction of sp³-hybridized carbons (Fsp3) is 0.222. The Morgan fingerprint density at radius 1 is 1.11 bits per heavy atom. The monoisotopic (exact) mass is 438 g/mol. The second-order valence-corrected chi connectivity index (χ2v) is 8.79. The standard InChI is InChI=1S/C18H16Cl2N4OS2/c1-10-3-11(2)23-18(22-10)26-9-16(25)24-17-21-8-15(27-17)6-12-4-13(19)7-14(20)5-12/h3-5,7-8H,6,9H2,1-2H3,(H,21,24,25). The van der Waals surface area contributed by atoms with Crippen molar-refractivity contribution in [1.82, 2.24) is 15.0 Å². The van der Waals surface area contributed by atoms with Crippen LogP contribution in [-0.2, 0) is 11.2 Å². The Hall–Kier alpha value is -1.67. The lowest BCUT2D eigenvalue weighted by molar-refractivity contribution is -0.113. The molecule has 5 nitrogen and oxygen atoms in total. The fourth-order valence-corrected chi connectivity index (χ4v) is 4.59. The zero-order chi connectivity index (χ0) is 19.4. The molecule has 2 aromatic heterocycles. The van der Waals surface area contributed by atoms with Gasteiger partial charge in [-0.15, -0.1) is 11.3 Å². The largest absolute Gasteiger partial charge is 0.301 e. The van der Waals surface area contributed by atoms with Crippen LogP contribution in [0.2, 0.25) is 10.0 Å². The Morgan fingerprint density at radius 3 is 2.44 bits per heavy atom. The van der Waals surface area contributed by atoms with E-state index in [1.807, 2.05) is 32.0 Å². The molecule has 0 aliphatic carbocycles. The molecule has 0 saturated carbocycles. The highest BCUT2D eigenvalue weighted by molar-refractivity contribution is 7.99. The maximum absolute atomic E-state index is 12.2. The molecule has 0 bridgehead atoms. The number of halogens is 2. The van der Waals surface area contributed by atoms with E-state index in [2.05, 4.69) is 20.3 Å². The normalized spacial score (nSPS) is 10.8. The smallest absolute Gasteiger partial charge is 0.236 e. The Kier molecular flexibility index (Phi) is 6.70. The minimum Gasteiger partial charge on any atom is -0.301 e. The molecule has 3 rings (SSSR count). The summed E-state index contributed by atoms with van der Waals surface area (Å²) >= 11 is 14.8. The molecule has 0 radical (unpaired) electrons. The average Bonchev–Trinajstić information content (AvgIpc) is 2.98. The number of rotatable bonds is 6. The molecular formula is C18H16Cl2N4OS2. The average molecular weight is 439 g/mol. The second-order valence-electron chi connectivity index (χ2n) is 5.86. The molecule has 2 heterocycles. The fourth-order valence-electron chi connectivity index (χ4n) is 2.40. The van der Waals surface area contributed by atoms with Gasteiger partial charge in [0.1, 0.15) is 0 Å². The van der Waals surface area contributed by atoms with Crippen LogP contribution in [0.15, 0.2) is 35.6 Å². The van der Waals surface area contributed by atoms with Crippen molar-refractivity contribution in [3.8, 4) is 0 Å². The number of nitrogens with zero attached hydrogens (tertiary/aromatic N) is 3. The highest BCUT2D eigenvalue weighted by Crippen LogP contribution is 2.25. The number of aromatic nitrogens is 3. The molecule has 140 valence electrons. The van der Waals surface area contributed by atoms with Gasteiger partial charge in [-0.25, -0.2) is 15.0 Å². The molecule has 0 fully saturated rings. The van der Waals surface area contributed by atoms with Crippen molar-refractivity contribution in [2.24, 2.45) is 0 Å². The Labute approximate surface area is 175 Å². The van der Waals surface area contributed by atoms with E-state index in [4.69, 9.17) is 23.2 Å². The third-order valence-corrected chi connectivity index (χ3v) is 5.59. The predicted molar refractivity (Wildman–Crippen MR) is 112 cm³/mol. The van der Waals surface area contributed by atoms with E-state index in [0.29, 0.717) is 26.8 Å². The second kappa shape index (κ2) is 9.01. The molecule has 0 aliphatic heterocycles. The van der Waals surface area contributed by atoms with Crippen LogP contribution < -0.4 is 5.32 Å². The molecular weight excluding hydrogens is 423 g/mol. The summed E-state index contributed by atoms with van der Waals surface area (Å²) in [5.74, 6) is 0.0799. The van der Waals surface area contributed by atoms with Crippen LogP contribution in [0.3, 0.4) is 0 Å². The lowest BCUT2D eigenvalue weighted by Gasteiger charge is -2.03. The van der Waals surface area contributed by atoms with Gasteiger partial charge in [0.15, 0.2) is 10.3 Å². The summed E-state index contributed by atoms with van der Waals surface area (Å²) in [6, 6.07) is 7.33. The van der Waals surface area contributed by atoms with Gasteiger partial charge in [-0.05, 0) is 43.7 Å². The van der Waals surface area contributed by atoms with Crippen molar-refractivity contribution in [3.63, 3.8) is 0 Å². The number of thioether (sulfide) groups is 1. The van der Waals surface area contributed by atoms with Crippen molar-refractivity contribution >= 4 is 57.3 Å². The molecule has 0 spiro atoms. The number of nitrogens with one attached hydrogen (secondary N) is 1. The summed E-state index contributed by atoms with van der Waals surface area (Å²) < 4.78 is 0. The molecule has 3 aromatic rings. The van der Waals surface area contributed by atoms with Gasteiger partial charge in [0.25, 0.3) is 0 Å². The number of carbonyl (C=O) groups is 1. The first kappa shape index (κ1) is 20.1. The van der Waals surface area contributed by atoms with Gasteiger partial charge in [-0.1, -0.05) is 35.0 Å². The first-order valence-electron chi connectivity index (χ1n) is 8.02. The number of amides is 1. The van der Waals surface area contributed by atoms with E-state index in [-0.39, 0.29) is 11.7 Å². The number of hydrogen-bond donors (Lipinski definition) is 1. The van der Waals surface area contributed by atoms with Gasteiger partial charge in [0, 0.05) is 38.9 Å². The van der Waals surface area contributed by atoms with Gasteiger partial charge in [-0.3, -0.25) is 4.79 Å². The van der Waals surface area contributed by atoms with Crippen molar-refractivity contribution in [1.29, 1.82) is 0 Å². The van der Waals surface area contributed by atoms with Crippen LogP contribution >= 0.6 is 46.3 Å². The molecule has 0 aliphatic rings. The molecule has 0 unspecified atom stereocenters. The molecule has 27 heavy (non-hydrogen) atoms. The summed E-state index contributed by atoms with van der Waals surface area (Å²) in [5, 5.41) is 5.16. The summed E-state index contributed by atoms with van der Waals surface area (Å²) in [5.41, 5.74) is 2.77. The summed E-state index contributed by atoms with van der Waals surface area (Å²) in [6.07, 6.45) is 2.40. The zero-order valence-corrected chi connectivity index (χ0v) is 17.8. The first-order chi connectivity index (χ1) is 12.9. The zero-order valence-electron chi connectivity index (χ0n) is 14.6. The van der Waals surface area contributed by atoms with E-state index >= 15 is 0 Å². The van der Waals surface area contributed by atoms with E-state index in [9.17, 15) is 4.79 Å². The molecule has 0 saturated heterocycles. The Morgan fingerprint density at radius 2 is 1.78 bits per heavy atom. The lowest BCUT2D eigenvalue weighted by Crippen LogP contribution is -2.14. The SMILES string of the molecule is Cc1cc(C)nc(SCC(=O)Nc2ncc(Cc3cc(Cl)cc(Cl)c3)s2)n1. The van der Waals surface area contributed by atoms with Gasteiger partial charge in [-0.2, -0.15) is 0 Å². The predicted octanol–water partition coefficient (Wildman–Crippen LogP) is 5.18. The molecule has 1 aromatic carbocycles. The first-order valence-corrected chi connectivity index (χ1v) is 10.6. The van der Waals surface area contributed by atoms with Crippen LogP contribution in [-0.4, -0.2) is 26.6 Å². The summed E-state index contributed by atoms with van der Waals surface area (Å²) in [4.78, 5) is 26.1. The van der Waals surface area contributed by atoms with Crippen molar-refractivity contribution in [2.75, 3.05) is 11.1 Å². The van der Waals surface area contributed by atoms with Crippen molar-refractivity contribution < 1.29 is 4.79 Å². The minimum absolute atomic E-state index is 0.144. The third-order valence-electron chi connectivity index (χ3n) is 3.39. The number of aryl methyl sites for hydroxylation is 2. The van der Waals surface area contributed by atoms with Crippen LogP contribution in [0.25, 0.3) is 0 Å². The topological polar surface area (TPSA) is 67.8 Å². The van der Waals surface area contributed by atoms with E-state index < -0.39 is 0 Å². The maximum atomic E-state index is 12.2. The Bertz CT molecular complexity index is 937. The number of benzene rings is 1. The number of carbonyl (C=O) groups excluding carboxylic acids is 1. The van der Waals surface area contributed by atoms with E-state index in [1.165, 1.54) is 23.1 Å². The minimum atomic E-state index is -0.144. The molecule has 1 N–H and O–H groups in total. The van der Waals surface area contributed by atoms with Crippen LogP contribution in [0, 0.1) is 13.8 Å². The number of thiazole rings is 1. The molecule has 1 amide bonds. The Balaban J connectivity index is 1.56. The number of hydrogen-bond acceptors (Lipinski definition) is 6.